The van der Waals surface area contributed by atoms with Gasteiger partial charge in [0.15, 0.2) is 0 Å². The van der Waals surface area contributed by atoms with Crippen LogP contribution in [0.2, 0.25) is 0 Å². The number of nitrogens with zero attached hydrogens (tertiary/aromatic N) is 4. The summed E-state index contributed by atoms with van der Waals surface area (Å²) < 4.78 is 1.13. The van der Waals surface area contributed by atoms with Gasteiger partial charge in [0.1, 0.15) is 5.82 Å². The van der Waals surface area contributed by atoms with E-state index in [0.29, 0.717) is 18.3 Å². The highest BCUT2D eigenvalue weighted by Crippen LogP contribution is 2.23. The molecule has 0 amide bonds. The number of nitrogens with one attached hydrogen (secondary N) is 1. The molecule has 0 aliphatic carbocycles. The maximum absolute atomic E-state index is 5.82. The number of rotatable bonds is 6. The maximum atomic E-state index is 5.82. The SMILES string of the molecule is CN(Cc1nc(N)nc(Nc2ccccc2)n1)Cc1ccc(Br)s1. The standard InChI is InChI=1S/C16H17BrN6S/c1-23(9-12-7-8-13(17)24-12)10-14-20-15(18)22-16(21-14)19-11-5-3-2-4-6-11/h2-8H,9-10H2,1H3,(H3,18,19,20,21,22). The van der Waals surface area contributed by atoms with Crippen molar-refractivity contribution in [1.82, 2.24) is 19.9 Å². The summed E-state index contributed by atoms with van der Waals surface area (Å²) in [6.07, 6.45) is 0. The van der Waals surface area contributed by atoms with Gasteiger partial charge in [0, 0.05) is 17.1 Å². The van der Waals surface area contributed by atoms with E-state index in [9.17, 15) is 0 Å². The third-order valence-corrected chi connectivity index (χ3v) is 4.80. The Kier molecular flexibility index (Phi) is 5.39. The van der Waals surface area contributed by atoms with Crippen LogP contribution in [0.3, 0.4) is 0 Å². The molecule has 0 saturated carbocycles. The van der Waals surface area contributed by atoms with Gasteiger partial charge < -0.3 is 11.1 Å². The fraction of sp³-hybridized carbons (Fsp3) is 0.188. The number of nitrogens with two attached hydrogens (primary N) is 1. The molecule has 0 spiro atoms. The Labute approximate surface area is 152 Å². The summed E-state index contributed by atoms with van der Waals surface area (Å²) in [5.41, 5.74) is 6.73. The first-order chi connectivity index (χ1) is 11.6. The zero-order valence-corrected chi connectivity index (χ0v) is 15.5. The molecular weight excluding hydrogens is 388 g/mol. The first-order valence-electron chi connectivity index (χ1n) is 7.34. The monoisotopic (exact) mass is 404 g/mol. The minimum Gasteiger partial charge on any atom is -0.368 e. The molecule has 0 unspecified atom stereocenters. The third-order valence-electron chi connectivity index (χ3n) is 3.19. The molecular formula is C16H17BrN6S. The summed E-state index contributed by atoms with van der Waals surface area (Å²) in [6, 6.07) is 13.9. The molecule has 124 valence electrons. The zero-order valence-electron chi connectivity index (χ0n) is 13.1. The molecule has 8 heteroatoms. The van der Waals surface area contributed by atoms with Gasteiger partial charge >= 0.3 is 0 Å². The van der Waals surface area contributed by atoms with Crippen LogP contribution in [0.15, 0.2) is 46.3 Å². The van der Waals surface area contributed by atoms with E-state index in [2.05, 4.69) is 53.2 Å². The van der Waals surface area contributed by atoms with E-state index in [-0.39, 0.29) is 5.95 Å². The van der Waals surface area contributed by atoms with Crippen LogP contribution in [0.1, 0.15) is 10.7 Å². The van der Waals surface area contributed by atoms with Gasteiger partial charge in [0.2, 0.25) is 11.9 Å². The van der Waals surface area contributed by atoms with E-state index in [1.54, 1.807) is 11.3 Å². The van der Waals surface area contributed by atoms with Crippen LogP contribution in [0, 0.1) is 0 Å². The molecule has 0 aliphatic heterocycles. The molecule has 3 aromatic rings. The number of para-hydroxylation sites is 1. The van der Waals surface area contributed by atoms with Gasteiger partial charge in [-0.1, -0.05) is 18.2 Å². The fourth-order valence-electron chi connectivity index (χ4n) is 2.22. The molecule has 2 aromatic heterocycles. The van der Waals surface area contributed by atoms with Crippen LogP contribution in [0.25, 0.3) is 0 Å². The molecule has 0 saturated heterocycles. The van der Waals surface area contributed by atoms with Gasteiger partial charge in [0.25, 0.3) is 0 Å². The molecule has 3 rings (SSSR count). The number of benzene rings is 1. The van der Waals surface area contributed by atoms with E-state index in [1.165, 1.54) is 4.88 Å². The number of halogens is 1. The number of aromatic nitrogens is 3. The minimum atomic E-state index is 0.214. The fourth-order valence-corrected chi connectivity index (χ4v) is 3.78. The molecule has 2 heterocycles. The second-order valence-corrected chi connectivity index (χ2v) is 7.85. The molecule has 24 heavy (non-hydrogen) atoms. The van der Waals surface area contributed by atoms with Gasteiger partial charge in [-0.2, -0.15) is 15.0 Å². The predicted octanol–water partition coefficient (Wildman–Crippen LogP) is 3.65. The van der Waals surface area contributed by atoms with Crippen LogP contribution in [0.4, 0.5) is 17.6 Å². The number of nitrogen functional groups attached to an aromatic ring is 1. The normalized spacial score (nSPS) is 11.0. The lowest BCUT2D eigenvalue weighted by Crippen LogP contribution is -2.19. The Morgan fingerprint density at radius 2 is 1.88 bits per heavy atom. The summed E-state index contributed by atoms with van der Waals surface area (Å²) in [6.45, 7) is 1.41. The second-order valence-electron chi connectivity index (χ2n) is 5.30. The minimum absolute atomic E-state index is 0.214. The van der Waals surface area contributed by atoms with Gasteiger partial charge in [-0.25, -0.2) is 0 Å². The summed E-state index contributed by atoms with van der Waals surface area (Å²) in [4.78, 5) is 16.2. The van der Waals surface area contributed by atoms with Crippen molar-refractivity contribution in [3.05, 3.63) is 57.0 Å². The molecule has 6 nitrogen and oxygen atoms in total. The van der Waals surface area contributed by atoms with E-state index >= 15 is 0 Å². The molecule has 0 fully saturated rings. The topological polar surface area (TPSA) is 80.0 Å². The zero-order chi connectivity index (χ0) is 16.9. The van der Waals surface area contributed by atoms with E-state index < -0.39 is 0 Å². The molecule has 3 N–H and O–H groups in total. The van der Waals surface area contributed by atoms with Crippen LogP contribution >= 0.6 is 27.3 Å². The van der Waals surface area contributed by atoms with Gasteiger partial charge in [-0.05, 0) is 47.2 Å². The molecule has 0 bridgehead atoms. The molecule has 0 radical (unpaired) electrons. The number of hydrogen-bond acceptors (Lipinski definition) is 7. The Bertz CT molecular complexity index is 807. The third kappa shape index (κ3) is 4.73. The summed E-state index contributed by atoms with van der Waals surface area (Å²) in [7, 11) is 2.03. The van der Waals surface area contributed by atoms with Crippen molar-refractivity contribution in [2.75, 3.05) is 18.1 Å². The van der Waals surface area contributed by atoms with Crippen molar-refractivity contribution in [3.63, 3.8) is 0 Å². The van der Waals surface area contributed by atoms with E-state index in [4.69, 9.17) is 5.73 Å². The molecule has 0 aliphatic rings. The Hall–Kier alpha value is -2.03. The molecule has 1 aromatic carbocycles. The smallest absolute Gasteiger partial charge is 0.232 e. The van der Waals surface area contributed by atoms with Crippen LogP contribution in [-0.2, 0) is 13.1 Å². The van der Waals surface area contributed by atoms with Crippen molar-refractivity contribution in [2.24, 2.45) is 0 Å². The predicted molar refractivity (Wildman–Crippen MR) is 101 cm³/mol. The highest BCUT2D eigenvalue weighted by Gasteiger charge is 2.09. The largest absolute Gasteiger partial charge is 0.368 e. The van der Waals surface area contributed by atoms with Crippen molar-refractivity contribution in [2.45, 2.75) is 13.1 Å². The van der Waals surface area contributed by atoms with Gasteiger partial charge in [-0.3, -0.25) is 4.90 Å². The van der Waals surface area contributed by atoms with Gasteiger partial charge in [-0.15, -0.1) is 11.3 Å². The van der Waals surface area contributed by atoms with E-state index in [0.717, 1.165) is 16.0 Å². The van der Waals surface area contributed by atoms with Crippen LogP contribution in [-0.4, -0.2) is 26.9 Å². The first-order valence-corrected chi connectivity index (χ1v) is 8.95. The van der Waals surface area contributed by atoms with Gasteiger partial charge in [0.05, 0.1) is 10.3 Å². The Morgan fingerprint density at radius 3 is 2.58 bits per heavy atom. The number of thiophene rings is 1. The average Bonchev–Trinajstić information content (AvgIpc) is 2.92. The average molecular weight is 405 g/mol. The maximum Gasteiger partial charge on any atom is 0.232 e. The second kappa shape index (κ2) is 7.69. The van der Waals surface area contributed by atoms with Crippen molar-refractivity contribution >= 4 is 44.9 Å². The Balaban J connectivity index is 1.69. The Morgan fingerprint density at radius 1 is 1.08 bits per heavy atom. The van der Waals surface area contributed by atoms with Crippen LogP contribution < -0.4 is 11.1 Å². The molecule has 0 atom stereocenters. The quantitative estimate of drug-likeness (QED) is 0.652. The lowest BCUT2D eigenvalue weighted by molar-refractivity contribution is 0.313. The van der Waals surface area contributed by atoms with Crippen molar-refractivity contribution < 1.29 is 0 Å². The lowest BCUT2D eigenvalue weighted by atomic mass is 10.3. The van der Waals surface area contributed by atoms with Crippen molar-refractivity contribution in [1.29, 1.82) is 0 Å². The summed E-state index contributed by atoms with van der Waals surface area (Å²) >= 11 is 5.20. The summed E-state index contributed by atoms with van der Waals surface area (Å²) in [5, 5.41) is 3.15. The number of anilines is 3. The number of hydrogen-bond donors (Lipinski definition) is 2. The van der Waals surface area contributed by atoms with Crippen LogP contribution in [0.5, 0.6) is 0 Å². The highest BCUT2D eigenvalue weighted by atomic mass is 79.9. The first kappa shape index (κ1) is 16.8. The highest BCUT2D eigenvalue weighted by molar-refractivity contribution is 9.11. The van der Waals surface area contributed by atoms with Crippen molar-refractivity contribution in [3.8, 4) is 0 Å². The van der Waals surface area contributed by atoms with E-state index in [1.807, 2.05) is 37.4 Å². The lowest BCUT2D eigenvalue weighted by Gasteiger charge is -2.15. The summed E-state index contributed by atoms with van der Waals surface area (Å²) in [5.74, 6) is 1.31.